The number of alkyl halides is 3. The molecule has 1 amide bonds. The SMILES string of the molecule is CC1C2CCCC([C@@H](O)C(F)(F)F)C2C[C@H]2COC(=O)N12. The van der Waals surface area contributed by atoms with Gasteiger partial charge in [0.2, 0.25) is 0 Å². The summed E-state index contributed by atoms with van der Waals surface area (Å²) >= 11 is 0. The number of ether oxygens (including phenoxy) is 1. The van der Waals surface area contributed by atoms with Gasteiger partial charge in [-0.25, -0.2) is 4.79 Å². The van der Waals surface area contributed by atoms with Gasteiger partial charge in [-0.15, -0.1) is 0 Å². The maximum Gasteiger partial charge on any atom is 0.414 e. The predicted molar refractivity (Wildman–Crippen MR) is 67.4 cm³/mol. The lowest BCUT2D eigenvalue weighted by atomic mass is 9.63. The number of rotatable bonds is 1. The van der Waals surface area contributed by atoms with E-state index in [9.17, 15) is 23.1 Å². The Bertz CT molecular complexity index is 428. The molecule has 2 heterocycles. The van der Waals surface area contributed by atoms with Crippen LogP contribution in [0, 0.1) is 17.8 Å². The van der Waals surface area contributed by atoms with Crippen LogP contribution in [-0.4, -0.2) is 47.1 Å². The van der Waals surface area contributed by atoms with Crippen LogP contribution in [0.4, 0.5) is 18.0 Å². The number of halogens is 3. The Morgan fingerprint density at radius 1 is 1.33 bits per heavy atom. The Balaban J connectivity index is 1.83. The van der Waals surface area contributed by atoms with Crippen LogP contribution in [-0.2, 0) is 4.74 Å². The number of carbonyl (C=O) groups is 1. The van der Waals surface area contributed by atoms with Crippen molar-refractivity contribution in [3.63, 3.8) is 0 Å². The number of hydrogen-bond donors (Lipinski definition) is 1. The molecule has 0 bridgehead atoms. The summed E-state index contributed by atoms with van der Waals surface area (Å²) in [4.78, 5) is 13.4. The minimum atomic E-state index is -4.57. The fraction of sp³-hybridized carbons (Fsp3) is 0.929. The molecule has 3 aliphatic rings. The average Bonchev–Trinajstić information content (AvgIpc) is 2.78. The summed E-state index contributed by atoms with van der Waals surface area (Å²) in [7, 11) is 0. The van der Waals surface area contributed by atoms with Crippen LogP contribution in [0.5, 0.6) is 0 Å². The molecule has 2 aliphatic heterocycles. The summed E-state index contributed by atoms with van der Waals surface area (Å²) in [5, 5.41) is 9.69. The number of hydrogen-bond acceptors (Lipinski definition) is 3. The van der Waals surface area contributed by atoms with Crippen molar-refractivity contribution >= 4 is 6.09 Å². The van der Waals surface area contributed by atoms with Gasteiger partial charge in [0.15, 0.2) is 6.10 Å². The number of aliphatic hydroxyl groups is 1. The summed E-state index contributed by atoms with van der Waals surface area (Å²) in [6, 6.07) is -0.262. The van der Waals surface area contributed by atoms with Crippen LogP contribution in [0.15, 0.2) is 0 Å². The van der Waals surface area contributed by atoms with Crippen molar-refractivity contribution in [2.75, 3.05) is 6.61 Å². The monoisotopic (exact) mass is 307 g/mol. The van der Waals surface area contributed by atoms with E-state index >= 15 is 0 Å². The Kier molecular flexibility index (Phi) is 3.58. The van der Waals surface area contributed by atoms with Crippen molar-refractivity contribution in [1.82, 2.24) is 4.90 Å². The zero-order valence-corrected chi connectivity index (χ0v) is 11.8. The van der Waals surface area contributed by atoms with Gasteiger partial charge in [-0.2, -0.15) is 13.2 Å². The molecular formula is C14H20F3NO3. The van der Waals surface area contributed by atoms with Crippen molar-refractivity contribution in [3.05, 3.63) is 0 Å². The van der Waals surface area contributed by atoms with Crippen molar-refractivity contribution in [1.29, 1.82) is 0 Å². The van der Waals surface area contributed by atoms with Gasteiger partial charge < -0.3 is 9.84 Å². The number of aliphatic hydroxyl groups excluding tert-OH is 1. The summed E-state index contributed by atoms with van der Waals surface area (Å²) in [5.41, 5.74) is 0. The molecular weight excluding hydrogens is 287 g/mol. The second kappa shape index (κ2) is 5.04. The minimum absolute atomic E-state index is 0.0163. The van der Waals surface area contributed by atoms with Gasteiger partial charge in [0.05, 0.1) is 6.04 Å². The van der Waals surface area contributed by atoms with E-state index in [0.29, 0.717) is 19.3 Å². The van der Waals surface area contributed by atoms with E-state index in [2.05, 4.69) is 0 Å². The van der Waals surface area contributed by atoms with E-state index < -0.39 is 18.2 Å². The third-order valence-corrected chi connectivity index (χ3v) is 5.52. The Hall–Kier alpha value is -0.980. The highest BCUT2D eigenvalue weighted by molar-refractivity contribution is 5.70. The zero-order chi connectivity index (χ0) is 15.4. The average molecular weight is 307 g/mol. The fourth-order valence-electron chi connectivity index (χ4n) is 4.59. The van der Waals surface area contributed by atoms with E-state index in [1.807, 2.05) is 6.92 Å². The summed E-state index contributed by atoms with van der Waals surface area (Å²) in [5.74, 6) is -0.937. The highest BCUT2D eigenvalue weighted by Gasteiger charge is 2.55. The lowest BCUT2D eigenvalue weighted by molar-refractivity contribution is -0.233. The van der Waals surface area contributed by atoms with Crippen molar-refractivity contribution in [2.24, 2.45) is 17.8 Å². The third-order valence-electron chi connectivity index (χ3n) is 5.52. The quantitative estimate of drug-likeness (QED) is 0.810. The number of carbonyl (C=O) groups excluding carboxylic acids is 1. The largest absolute Gasteiger partial charge is 0.447 e. The van der Waals surface area contributed by atoms with Crippen LogP contribution >= 0.6 is 0 Å². The van der Waals surface area contributed by atoms with Gasteiger partial charge in [0.1, 0.15) is 6.61 Å². The molecule has 1 aliphatic carbocycles. The van der Waals surface area contributed by atoms with E-state index in [1.165, 1.54) is 0 Å². The molecule has 4 unspecified atom stereocenters. The first-order valence-electron chi connectivity index (χ1n) is 7.50. The molecule has 0 aromatic carbocycles. The Morgan fingerprint density at radius 2 is 2.05 bits per heavy atom. The second-order valence-electron chi connectivity index (χ2n) is 6.52. The molecule has 0 spiro atoms. The number of amides is 1. The maximum atomic E-state index is 12.9. The first-order chi connectivity index (χ1) is 9.80. The summed E-state index contributed by atoms with van der Waals surface area (Å²) < 4.78 is 43.7. The van der Waals surface area contributed by atoms with E-state index in [0.717, 1.165) is 6.42 Å². The number of piperidine rings is 1. The number of cyclic esters (lactones) is 1. The molecule has 0 radical (unpaired) electrons. The smallest absolute Gasteiger partial charge is 0.414 e. The van der Waals surface area contributed by atoms with Crippen molar-refractivity contribution in [3.8, 4) is 0 Å². The van der Waals surface area contributed by atoms with Crippen LogP contribution in [0.25, 0.3) is 0 Å². The van der Waals surface area contributed by atoms with E-state index in [4.69, 9.17) is 4.74 Å². The highest BCUT2D eigenvalue weighted by Crippen LogP contribution is 2.49. The molecule has 3 fully saturated rings. The third kappa shape index (κ3) is 2.39. The molecule has 2 saturated heterocycles. The normalized spacial score (nSPS) is 41.3. The van der Waals surface area contributed by atoms with Crippen LogP contribution in [0.3, 0.4) is 0 Å². The fourth-order valence-corrected chi connectivity index (χ4v) is 4.59. The molecule has 6 atom stereocenters. The van der Waals surface area contributed by atoms with Crippen LogP contribution in [0.1, 0.15) is 32.6 Å². The first-order valence-corrected chi connectivity index (χ1v) is 7.50. The van der Waals surface area contributed by atoms with Crippen molar-refractivity contribution in [2.45, 2.75) is 57.0 Å². The standard InChI is InChI=1S/C14H20F3NO3/c1-7-9-3-2-4-10(12(19)14(15,16)17)11(9)5-8-6-21-13(20)18(7)8/h7-12,19H,2-6H2,1H3/t7?,8-,9?,10?,11?,12+/m0/s1. The van der Waals surface area contributed by atoms with Crippen LogP contribution in [0.2, 0.25) is 0 Å². The van der Waals surface area contributed by atoms with Gasteiger partial charge in [-0.1, -0.05) is 6.42 Å². The van der Waals surface area contributed by atoms with Gasteiger partial charge in [0, 0.05) is 6.04 Å². The minimum Gasteiger partial charge on any atom is -0.447 e. The van der Waals surface area contributed by atoms with Crippen LogP contribution < -0.4 is 0 Å². The number of nitrogens with zero attached hydrogens (tertiary/aromatic N) is 1. The van der Waals surface area contributed by atoms with Gasteiger partial charge in [-0.05, 0) is 43.9 Å². The lowest BCUT2D eigenvalue weighted by Gasteiger charge is -2.50. The van der Waals surface area contributed by atoms with Gasteiger partial charge in [-0.3, -0.25) is 4.90 Å². The zero-order valence-electron chi connectivity index (χ0n) is 11.8. The molecule has 120 valence electrons. The lowest BCUT2D eigenvalue weighted by Crippen LogP contribution is -2.57. The topological polar surface area (TPSA) is 49.8 Å². The van der Waals surface area contributed by atoms with Crippen molar-refractivity contribution < 1.29 is 27.8 Å². The molecule has 0 aromatic rings. The van der Waals surface area contributed by atoms with Gasteiger partial charge in [0.25, 0.3) is 0 Å². The van der Waals surface area contributed by atoms with E-state index in [1.54, 1.807) is 4.90 Å². The molecule has 3 rings (SSSR count). The molecule has 7 heteroatoms. The summed E-state index contributed by atoms with van der Waals surface area (Å²) in [6.45, 7) is 2.14. The Morgan fingerprint density at radius 3 is 2.71 bits per heavy atom. The van der Waals surface area contributed by atoms with E-state index in [-0.39, 0.29) is 36.6 Å². The number of fused-ring (bicyclic) bond motifs is 2. The molecule has 1 N–H and O–H groups in total. The molecule has 21 heavy (non-hydrogen) atoms. The maximum absolute atomic E-state index is 12.9. The Labute approximate surface area is 121 Å². The first kappa shape index (κ1) is 14.9. The summed E-state index contributed by atoms with van der Waals surface area (Å²) in [6.07, 6.45) is -4.82. The van der Waals surface area contributed by atoms with Gasteiger partial charge >= 0.3 is 12.3 Å². The predicted octanol–water partition coefficient (Wildman–Crippen LogP) is 2.56. The molecule has 4 nitrogen and oxygen atoms in total. The highest BCUT2D eigenvalue weighted by atomic mass is 19.4. The molecule has 0 aromatic heterocycles. The second-order valence-corrected chi connectivity index (χ2v) is 6.52. The molecule has 1 saturated carbocycles.